The van der Waals surface area contributed by atoms with Crippen LogP contribution >= 0.6 is 0 Å². The first-order valence-corrected chi connectivity index (χ1v) is 11.6. The lowest BCUT2D eigenvalue weighted by atomic mass is 9.81. The molecule has 6 rings (SSSR count). The van der Waals surface area contributed by atoms with Crippen LogP contribution < -0.4 is 0 Å². The maximum atomic E-state index is 14.5. The van der Waals surface area contributed by atoms with E-state index >= 15 is 0 Å². The van der Waals surface area contributed by atoms with Crippen molar-refractivity contribution in [1.82, 2.24) is 0 Å². The summed E-state index contributed by atoms with van der Waals surface area (Å²) in [5, 5.41) is 0. The molecular formula is C28H20O2S. The van der Waals surface area contributed by atoms with Crippen molar-refractivity contribution < 1.29 is 9.00 Å². The minimum Gasteiger partial charge on any atom is -0.292 e. The van der Waals surface area contributed by atoms with Crippen molar-refractivity contribution in [3.8, 4) is 0 Å². The van der Waals surface area contributed by atoms with E-state index in [0.29, 0.717) is 10.5 Å². The van der Waals surface area contributed by atoms with Crippen molar-refractivity contribution in [3.63, 3.8) is 0 Å². The van der Waals surface area contributed by atoms with Crippen LogP contribution in [-0.4, -0.2) is 14.7 Å². The number of hydrogen-bond donors (Lipinski definition) is 0. The second-order valence-corrected chi connectivity index (χ2v) is 9.88. The fourth-order valence-electron chi connectivity index (χ4n) is 5.60. The number of carbonyl (C=O) groups is 1. The number of benzene rings is 4. The Bertz CT molecular complexity index is 1310. The van der Waals surface area contributed by atoms with Crippen LogP contribution in [-0.2, 0) is 10.8 Å². The quantitative estimate of drug-likeness (QED) is 0.426. The van der Waals surface area contributed by atoms with Gasteiger partial charge in [-0.3, -0.25) is 9.00 Å². The number of carbonyl (C=O) groups excluding carboxylic acids is 1. The number of hydrogen-bond acceptors (Lipinski definition) is 2. The molecule has 0 N–H and O–H groups in total. The minimum atomic E-state index is -1.55. The van der Waals surface area contributed by atoms with E-state index in [1.807, 2.05) is 84.9 Å². The van der Waals surface area contributed by atoms with Crippen LogP contribution in [0.5, 0.6) is 0 Å². The molecule has 0 amide bonds. The van der Waals surface area contributed by atoms with Gasteiger partial charge in [0, 0.05) is 22.3 Å². The molecule has 4 aromatic rings. The maximum Gasteiger partial charge on any atom is 0.184 e. The van der Waals surface area contributed by atoms with Gasteiger partial charge >= 0.3 is 0 Å². The maximum absolute atomic E-state index is 14.5. The van der Waals surface area contributed by atoms with Crippen LogP contribution in [0, 0.1) is 0 Å². The summed E-state index contributed by atoms with van der Waals surface area (Å²) in [6.07, 6.45) is 0. The molecule has 0 heterocycles. The lowest BCUT2D eigenvalue weighted by Crippen LogP contribution is -2.46. The number of fused-ring (bicyclic) bond motifs is 5. The summed E-state index contributed by atoms with van der Waals surface area (Å²) in [4.78, 5) is 15.0. The molecule has 150 valence electrons. The van der Waals surface area contributed by atoms with Gasteiger partial charge < -0.3 is 0 Å². The van der Waals surface area contributed by atoms with Gasteiger partial charge in [-0.1, -0.05) is 97.1 Å². The van der Waals surface area contributed by atoms with Crippen molar-refractivity contribution in [2.45, 2.75) is 21.5 Å². The Morgan fingerprint density at radius 2 is 1.10 bits per heavy atom. The van der Waals surface area contributed by atoms with Crippen LogP contribution in [0.3, 0.4) is 0 Å². The van der Waals surface area contributed by atoms with Crippen LogP contribution in [0.25, 0.3) is 0 Å². The molecular weight excluding hydrogens is 400 g/mol. The van der Waals surface area contributed by atoms with Gasteiger partial charge in [-0.2, -0.15) is 0 Å². The molecule has 3 heteroatoms. The van der Waals surface area contributed by atoms with Crippen molar-refractivity contribution in [3.05, 3.63) is 137 Å². The Morgan fingerprint density at radius 3 is 1.77 bits per heavy atom. The first-order valence-electron chi connectivity index (χ1n) is 10.5. The fraction of sp³-hybridized carbons (Fsp3) is 0.107. The van der Waals surface area contributed by atoms with Gasteiger partial charge in [0.05, 0.1) is 10.8 Å². The summed E-state index contributed by atoms with van der Waals surface area (Å²) in [5.41, 5.74) is 4.93. The normalized spacial score (nSPS) is 24.3. The van der Waals surface area contributed by atoms with E-state index in [9.17, 15) is 9.00 Å². The fourth-order valence-corrected chi connectivity index (χ4v) is 7.62. The van der Waals surface area contributed by atoms with E-state index in [-0.39, 0.29) is 17.6 Å². The van der Waals surface area contributed by atoms with E-state index in [1.165, 1.54) is 0 Å². The Morgan fingerprint density at radius 1 is 0.581 bits per heavy atom. The molecule has 0 fully saturated rings. The highest BCUT2D eigenvalue weighted by atomic mass is 32.2. The highest BCUT2D eigenvalue weighted by Crippen LogP contribution is 2.63. The minimum absolute atomic E-state index is 0.0136. The summed E-state index contributed by atoms with van der Waals surface area (Å²) in [6.45, 7) is 0. The topological polar surface area (TPSA) is 34.1 Å². The summed E-state index contributed by atoms with van der Waals surface area (Å²) >= 11 is 0. The summed E-state index contributed by atoms with van der Waals surface area (Å²) in [7, 11) is -1.55. The lowest BCUT2D eigenvalue weighted by molar-refractivity contribution is 0.0946. The predicted octanol–water partition coefficient (Wildman–Crippen LogP) is 5.71. The van der Waals surface area contributed by atoms with E-state index in [1.54, 1.807) is 0 Å². The number of rotatable bonds is 3. The zero-order chi connectivity index (χ0) is 21.0. The average molecular weight is 421 g/mol. The molecule has 0 saturated carbocycles. The van der Waals surface area contributed by atoms with Gasteiger partial charge in [0.2, 0.25) is 0 Å². The second-order valence-electron chi connectivity index (χ2n) is 8.20. The van der Waals surface area contributed by atoms with Crippen molar-refractivity contribution in [2.75, 3.05) is 0 Å². The van der Waals surface area contributed by atoms with Crippen LogP contribution in [0.2, 0.25) is 0 Å². The molecule has 2 aliphatic rings. The second kappa shape index (κ2) is 6.86. The third-order valence-electron chi connectivity index (χ3n) is 6.74. The van der Waals surface area contributed by atoms with Gasteiger partial charge in [-0.15, -0.1) is 0 Å². The first kappa shape index (κ1) is 18.5. The number of ketones is 1. The lowest BCUT2D eigenvalue weighted by Gasteiger charge is -2.34. The highest BCUT2D eigenvalue weighted by molar-refractivity contribution is 7.87. The van der Waals surface area contributed by atoms with Crippen LogP contribution in [0.4, 0.5) is 0 Å². The average Bonchev–Trinajstić information content (AvgIpc) is 3.29. The molecule has 0 aliphatic heterocycles. The zero-order valence-electron chi connectivity index (χ0n) is 16.8. The molecule has 0 aromatic heterocycles. The summed E-state index contributed by atoms with van der Waals surface area (Å²) < 4.78 is 13.4. The smallest absolute Gasteiger partial charge is 0.184 e. The predicted molar refractivity (Wildman–Crippen MR) is 123 cm³/mol. The van der Waals surface area contributed by atoms with Crippen LogP contribution in [0.15, 0.2) is 114 Å². The molecule has 0 bridgehead atoms. The molecule has 2 nitrogen and oxygen atoms in total. The van der Waals surface area contributed by atoms with E-state index in [2.05, 4.69) is 24.3 Å². The monoisotopic (exact) mass is 420 g/mol. The van der Waals surface area contributed by atoms with Gasteiger partial charge in [-0.25, -0.2) is 0 Å². The molecule has 0 saturated heterocycles. The molecule has 0 radical (unpaired) electrons. The molecule has 31 heavy (non-hydrogen) atoms. The van der Waals surface area contributed by atoms with E-state index < -0.39 is 15.5 Å². The molecule has 0 spiro atoms. The van der Waals surface area contributed by atoms with Gasteiger partial charge in [0.25, 0.3) is 0 Å². The number of Topliss-reactive ketones (excluding diaryl/α,β-unsaturated/α-hetero) is 1. The zero-order valence-corrected chi connectivity index (χ0v) is 17.6. The Labute approximate surface area is 184 Å². The Balaban J connectivity index is 1.72. The van der Waals surface area contributed by atoms with Gasteiger partial charge in [-0.05, 0) is 34.4 Å². The Kier molecular flexibility index (Phi) is 4.09. The van der Waals surface area contributed by atoms with E-state index in [4.69, 9.17) is 0 Å². The van der Waals surface area contributed by atoms with Gasteiger partial charge in [0.15, 0.2) is 5.78 Å². The van der Waals surface area contributed by atoms with Crippen molar-refractivity contribution >= 4 is 16.6 Å². The third kappa shape index (κ3) is 2.38. The van der Waals surface area contributed by atoms with Crippen molar-refractivity contribution in [2.24, 2.45) is 0 Å². The molecule has 1 unspecified atom stereocenters. The van der Waals surface area contributed by atoms with E-state index in [0.717, 1.165) is 22.3 Å². The molecule has 4 atom stereocenters. The first-order chi connectivity index (χ1) is 15.2. The molecule has 4 aromatic carbocycles. The third-order valence-corrected chi connectivity index (χ3v) is 8.71. The van der Waals surface area contributed by atoms with Crippen molar-refractivity contribution in [1.29, 1.82) is 0 Å². The molecule has 2 aliphatic carbocycles. The standard InChI is InChI=1S/C28H20O2S/c29-27-24-18-10-9-17-23(24)26-22-16-8-7-15-21(22)25(19-11-3-1-4-12-19)28(26,27)31(30)20-13-5-2-6-14-20/h1-18,25-26H/t25-,26+,28-,31?/m0/s1. The van der Waals surface area contributed by atoms with Gasteiger partial charge in [0.1, 0.15) is 4.75 Å². The summed E-state index contributed by atoms with van der Waals surface area (Å²) in [5.74, 6) is -0.533. The Hall–Kier alpha value is -3.30. The SMILES string of the molecule is O=C1c2ccccc2[C@H]2c3ccccc3[C@H](c3ccccc3)[C@@]12S(=O)c1ccccc1. The largest absolute Gasteiger partial charge is 0.292 e. The van der Waals surface area contributed by atoms with Crippen LogP contribution in [0.1, 0.15) is 44.4 Å². The summed E-state index contributed by atoms with van der Waals surface area (Å²) in [6, 6.07) is 35.6. The highest BCUT2D eigenvalue weighted by Gasteiger charge is 2.67.